The second-order valence-corrected chi connectivity index (χ2v) is 3.53. The van der Waals surface area contributed by atoms with Crippen molar-refractivity contribution in [1.29, 1.82) is 0 Å². The molecule has 0 fully saturated rings. The van der Waals surface area contributed by atoms with Gasteiger partial charge in [0.25, 0.3) is 0 Å². The maximum absolute atomic E-state index is 5.71. The Morgan fingerprint density at radius 1 is 1.07 bits per heavy atom. The van der Waals surface area contributed by atoms with Gasteiger partial charge in [-0.05, 0) is 11.6 Å². The molecule has 0 aliphatic carbocycles. The standard InChI is InChI=1S/C12H11ClN2/c13-9-11-6-7-14-12(15-11)8-10-4-2-1-3-5-10/h1-7H,8-9H2. The topological polar surface area (TPSA) is 25.8 Å². The average Bonchev–Trinajstić information content (AvgIpc) is 2.31. The Hall–Kier alpha value is -1.41. The second kappa shape index (κ2) is 4.89. The van der Waals surface area contributed by atoms with Crippen molar-refractivity contribution in [3.63, 3.8) is 0 Å². The number of benzene rings is 1. The summed E-state index contributed by atoms with van der Waals surface area (Å²) in [5.74, 6) is 1.25. The molecule has 0 radical (unpaired) electrons. The largest absolute Gasteiger partial charge is 0.241 e. The first kappa shape index (κ1) is 10.1. The molecule has 0 saturated heterocycles. The fourth-order valence-electron chi connectivity index (χ4n) is 1.38. The summed E-state index contributed by atoms with van der Waals surface area (Å²) in [6.07, 6.45) is 2.51. The van der Waals surface area contributed by atoms with Crippen LogP contribution in [0.4, 0.5) is 0 Å². The van der Waals surface area contributed by atoms with Crippen molar-refractivity contribution in [3.05, 3.63) is 59.7 Å². The Kier molecular flexibility index (Phi) is 3.30. The monoisotopic (exact) mass is 218 g/mol. The third-order valence-electron chi connectivity index (χ3n) is 2.11. The molecule has 76 valence electrons. The van der Waals surface area contributed by atoms with Crippen LogP contribution in [-0.4, -0.2) is 9.97 Å². The summed E-state index contributed by atoms with van der Waals surface area (Å²) in [6.45, 7) is 0. The predicted octanol–water partition coefficient (Wildman–Crippen LogP) is 2.81. The van der Waals surface area contributed by atoms with Crippen molar-refractivity contribution in [3.8, 4) is 0 Å². The van der Waals surface area contributed by atoms with Crippen molar-refractivity contribution < 1.29 is 0 Å². The number of nitrogens with zero attached hydrogens (tertiary/aromatic N) is 2. The van der Waals surface area contributed by atoms with E-state index in [2.05, 4.69) is 22.1 Å². The third kappa shape index (κ3) is 2.77. The number of alkyl halides is 1. The van der Waals surface area contributed by atoms with Gasteiger partial charge in [-0.1, -0.05) is 30.3 Å². The number of halogens is 1. The lowest BCUT2D eigenvalue weighted by Gasteiger charge is -2.01. The highest BCUT2D eigenvalue weighted by atomic mass is 35.5. The summed E-state index contributed by atoms with van der Waals surface area (Å²) in [7, 11) is 0. The smallest absolute Gasteiger partial charge is 0.132 e. The van der Waals surface area contributed by atoms with E-state index in [1.54, 1.807) is 6.20 Å². The van der Waals surface area contributed by atoms with Crippen LogP contribution in [0.2, 0.25) is 0 Å². The molecule has 1 aromatic heterocycles. The van der Waals surface area contributed by atoms with Crippen LogP contribution in [0.25, 0.3) is 0 Å². The van der Waals surface area contributed by atoms with Gasteiger partial charge in [0.05, 0.1) is 11.6 Å². The first-order valence-electron chi connectivity index (χ1n) is 4.79. The van der Waals surface area contributed by atoms with Gasteiger partial charge in [0, 0.05) is 12.6 Å². The molecule has 0 unspecified atom stereocenters. The zero-order valence-corrected chi connectivity index (χ0v) is 8.98. The average molecular weight is 219 g/mol. The molecule has 1 aromatic carbocycles. The minimum atomic E-state index is 0.435. The van der Waals surface area contributed by atoms with E-state index < -0.39 is 0 Å². The quantitative estimate of drug-likeness (QED) is 0.741. The Morgan fingerprint density at radius 3 is 2.60 bits per heavy atom. The number of hydrogen-bond donors (Lipinski definition) is 0. The van der Waals surface area contributed by atoms with Crippen molar-refractivity contribution in [2.45, 2.75) is 12.3 Å². The fourth-order valence-corrected chi connectivity index (χ4v) is 1.53. The molecule has 0 saturated carbocycles. The van der Waals surface area contributed by atoms with Crippen LogP contribution in [0.5, 0.6) is 0 Å². The SMILES string of the molecule is ClCc1ccnc(Cc2ccccc2)n1. The van der Waals surface area contributed by atoms with Crippen LogP contribution in [-0.2, 0) is 12.3 Å². The summed E-state index contributed by atoms with van der Waals surface area (Å²) >= 11 is 5.71. The van der Waals surface area contributed by atoms with E-state index in [1.807, 2.05) is 24.3 Å². The number of aromatic nitrogens is 2. The minimum Gasteiger partial charge on any atom is -0.241 e. The normalized spacial score (nSPS) is 10.2. The molecule has 0 aliphatic heterocycles. The van der Waals surface area contributed by atoms with Gasteiger partial charge in [-0.15, -0.1) is 11.6 Å². The summed E-state index contributed by atoms with van der Waals surface area (Å²) in [6, 6.07) is 12.0. The second-order valence-electron chi connectivity index (χ2n) is 3.26. The Bertz CT molecular complexity index is 429. The molecule has 0 bridgehead atoms. The molecule has 0 amide bonds. The molecule has 3 heteroatoms. The highest BCUT2D eigenvalue weighted by Crippen LogP contribution is 2.06. The molecule has 0 spiro atoms. The minimum absolute atomic E-state index is 0.435. The lowest BCUT2D eigenvalue weighted by Crippen LogP contribution is -1.98. The fraction of sp³-hybridized carbons (Fsp3) is 0.167. The van der Waals surface area contributed by atoms with E-state index in [-0.39, 0.29) is 0 Å². The van der Waals surface area contributed by atoms with Crippen molar-refractivity contribution in [2.24, 2.45) is 0 Å². The molecule has 15 heavy (non-hydrogen) atoms. The van der Waals surface area contributed by atoms with Crippen molar-refractivity contribution in [1.82, 2.24) is 9.97 Å². The van der Waals surface area contributed by atoms with E-state index in [9.17, 15) is 0 Å². The zero-order chi connectivity index (χ0) is 10.5. The number of rotatable bonds is 3. The summed E-state index contributed by atoms with van der Waals surface area (Å²) in [4.78, 5) is 8.56. The molecule has 2 aromatic rings. The molecular weight excluding hydrogens is 208 g/mol. The molecule has 2 rings (SSSR count). The Morgan fingerprint density at radius 2 is 1.87 bits per heavy atom. The van der Waals surface area contributed by atoms with Gasteiger partial charge in [0.1, 0.15) is 5.82 Å². The molecule has 0 atom stereocenters. The lowest BCUT2D eigenvalue weighted by atomic mass is 10.1. The van der Waals surface area contributed by atoms with Crippen LogP contribution in [0, 0.1) is 0 Å². The van der Waals surface area contributed by atoms with Gasteiger partial charge >= 0.3 is 0 Å². The Labute approximate surface area is 94.0 Å². The van der Waals surface area contributed by atoms with Gasteiger partial charge < -0.3 is 0 Å². The van der Waals surface area contributed by atoms with Crippen LogP contribution in [0.3, 0.4) is 0 Å². The van der Waals surface area contributed by atoms with Crippen LogP contribution in [0.1, 0.15) is 17.1 Å². The van der Waals surface area contributed by atoms with E-state index >= 15 is 0 Å². The predicted molar refractivity (Wildman–Crippen MR) is 60.8 cm³/mol. The van der Waals surface area contributed by atoms with Gasteiger partial charge in [0.15, 0.2) is 0 Å². The van der Waals surface area contributed by atoms with Gasteiger partial charge in [0.2, 0.25) is 0 Å². The zero-order valence-electron chi connectivity index (χ0n) is 8.23. The van der Waals surface area contributed by atoms with Crippen molar-refractivity contribution in [2.75, 3.05) is 0 Å². The summed E-state index contributed by atoms with van der Waals surface area (Å²) in [5, 5.41) is 0. The maximum Gasteiger partial charge on any atom is 0.132 e. The maximum atomic E-state index is 5.71. The molecule has 0 aliphatic rings. The van der Waals surface area contributed by atoms with E-state index in [0.717, 1.165) is 17.9 Å². The van der Waals surface area contributed by atoms with Gasteiger partial charge in [-0.3, -0.25) is 0 Å². The summed E-state index contributed by atoms with van der Waals surface area (Å²) < 4.78 is 0. The molecule has 2 nitrogen and oxygen atoms in total. The van der Waals surface area contributed by atoms with Gasteiger partial charge in [-0.2, -0.15) is 0 Å². The Balaban J connectivity index is 2.17. The first-order chi connectivity index (χ1) is 7.38. The number of hydrogen-bond acceptors (Lipinski definition) is 2. The third-order valence-corrected chi connectivity index (χ3v) is 2.38. The van der Waals surface area contributed by atoms with E-state index in [1.165, 1.54) is 5.56 Å². The van der Waals surface area contributed by atoms with Crippen LogP contribution >= 0.6 is 11.6 Å². The van der Waals surface area contributed by atoms with E-state index in [0.29, 0.717) is 5.88 Å². The van der Waals surface area contributed by atoms with E-state index in [4.69, 9.17) is 11.6 Å². The first-order valence-corrected chi connectivity index (χ1v) is 5.32. The van der Waals surface area contributed by atoms with Crippen molar-refractivity contribution >= 4 is 11.6 Å². The lowest BCUT2D eigenvalue weighted by molar-refractivity contribution is 0.936. The van der Waals surface area contributed by atoms with Gasteiger partial charge in [-0.25, -0.2) is 9.97 Å². The van der Waals surface area contributed by atoms with Crippen LogP contribution in [0.15, 0.2) is 42.6 Å². The van der Waals surface area contributed by atoms with Crippen LogP contribution < -0.4 is 0 Å². The molecule has 1 heterocycles. The molecule has 0 N–H and O–H groups in total. The molecular formula is C12H11ClN2. The highest BCUT2D eigenvalue weighted by molar-refractivity contribution is 6.16. The summed E-state index contributed by atoms with van der Waals surface area (Å²) in [5.41, 5.74) is 2.09. The highest BCUT2D eigenvalue weighted by Gasteiger charge is 1.99.